The van der Waals surface area contributed by atoms with E-state index in [2.05, 4.69) is 27.2 Å². The molecule has 1 aromatic heterocycles. The minimum Gasteiger partial charge on any atom is -0.493 e. The number of fused-ring (bicyclic) bond motifs is 1. The maximum absolute atomic E-state index is 6.39. The zero-order valence-electron chi connectivity index (χ0n) is 15.8. The first-order chi connectivity index (χ1) is 13.6. The Morgan fingerprint density at radius 3 is 2.54 bits per heavy atom. The van der Waals surface area contributed by atoms with Crippen molar-refractivity contribution in [1.29, 1.82) is 0 Å². The smallest absolute Gasteiger partial charge is 0.161 e. The molecule has 7 heteroatoms. The Labute approximate surface area is 174 Å². The summed E-state index contributed by atoms with van der Waals surface area (Å²) in [6.45, 7) is 2.58. The number of halogens is 2. The molecule has 3 aromatic rings. The number of H-pyrrole nitrogens is 1. The summed E-state index contributed by atoms with van der Waals surface area (Å²) in [5.74, 6) is 1.55. The number of ether oxygens (including phenoxy) is 2. The molecule has 0 amide bonds. The van der Waals surface area contributed by atoms with E-state index >= 15 is 0 Å². The molecule has 2 aromatic carbocycles. The number of nitrogens with one attached hydrogen (secondary N) is 1. The highest BCUT2D eigenvalue weighted by Crippen LogP contribution is 2.35. The molecule has 0 saturated carbocycles. The minimum atomic E-state index is 0.610. The summed E-state index contributed by atoms with van der Waals surface area (Å²) in [6, 6.07) is 9.67. The van der Waals surface area contributed by atoms with Gasteiger partial charge >= 0.3 is 0 Å². The fraction of sp³-hybridized carbons (Fsp3) is 0.286. The Hall–Kier alpha value is -2.21. The Kier molecular flexibility index (Phi) is 5.49. The van der Waals surface area contributed by atoms with Crippen molar-refractivity contribution < 1.29 is 9.47 Å². The summed E-state index contributed by atoms with van der Waals surface area (Å²) >= 11 is 12.4. The molecule has 0 radical (unpaired) electrons. The standard InChI is InChI=1S/C21H21Cl2N3O2/c1-27-19-7-13-5-6-26(11-14(13)8-20(19)28-2)12-15-10-24-25-21(15)17-4-3-16(22)9-18(17)23/h3-4,7-10H,5-6,11-12H2,1-2H3,(H,24,25). The maximum atomic E-state index is 6.39. The summed E-state index contributed by atoms with van der Waals surface area (Å²) in [5.41, 5.74) is 5.51. The Balaban J connectivity index is 1.57. The summed E-state index contributed by atoms with van der Waals surface area (Å²) < 4.78 is 10.9. The van der Waals surface area contributed by atoms with Gasteiger partial charge in [0, 0.05) is 35.8 Å². The predicted octanol–water partition coefficient (Wildman–Crippen LogP) is 4.96. The van der Waals surface area contributed by atoms with Crippen LogP contribution in [0.15, 0.2) is 36.5 Å². The largest absolute Gasteiger partial charge is 0.493 e. The first-order valence-electron chi connectivity index (χ1n) is 9.03. The van der Waals surface area contributed by atoms with Gasteiger partial charge in [-0.25, -0.2) is 0 Å². The van der Waals surface area contributed by atoms with Crippen LogP contribution in [0, 0.1) is 0 Å². The van der Waals surface area contributed by atoms with Gasteiger partial charge in [-0.15, -0.1) is 0 Å². The normalized spacial score (nSPS) is 14.0. The number of hydrogen-bond acceptors (Lipinski definition) is 4. The van der Waals surface area contributed by atoms with Crippen molar-refractivity contribution in [1.82, 2.24) is 15.1 Å². The second-order valence-electron chi connectivity index (χ2n) is 6.83. The first kappa shape index (κ1) is 19.1. The average molecular weight is 418 g/mol. The number of rotatable bonds is 5. The third-order valence-corrected chi connectivity index (χ3v) is 5.66. The number of benzene rings is 2. The highest BCUT2D eigenvalue weighted by Gasteiger charge is 2.21. The van der Waals surface area contributed by atoms with Gasteiger partial charge in [0.2, 0.25) is 0 Å². The van der Waals surface area contributed by atoms with E-state index in [9.17, 15) is 0 Å². The van der Waals surface area contributed by atoms with Gasteiger partial charge in [-0.05, 0) is 47.9 Å². The molecule has 0 unspecified atom stereocenters. The number of aromatic nitrogens is 2. The summed E-state index contributed by atoms with van der Waals surface area (Å²) in [7, 11) is 3.33. The monoisotopic (exact) mass is 417 g/mol. The van der Waals surface area contributed by atoms with Crippen LogP contribution in [0.1, 0.15) is 16.7 Å². The van der Waals surface area contributed by atoms with Crippen LogP contribution in [-0.4, -0.2) is 35.9 Å². The van der Waals surface area contributed by atoms with Gasteiger partial charge in [-0.3, -0.25) is 10.00 Å². The molecule has 1 aliphatic heterocycles. The molecule has 1 aliphatic rings. The van der Waals surface area contributed by atoms with Gasteiger partial charge in [0.15, 0.2) is 11.5 Å². The van der Waals surface area contributed by atoms with Crippen molar-refractivity contribution in [2.45, 2.75) is 19.5 Å². The quantitative estimate of drug-likeness (QED) is 0.637. The first-order valence-corrected chi connectivity index (χ1v) is 9.78. The molecule has 0 saturated heterocycles. The van der Waals surface area contributed by atoms with Crippen LogP contribution in [-0.2, 0) is 19.5 Å². The second kappa shape index (κ2) is 8.03. The topological polar surface area (TPSA) is 50.4 Å². The molecular weight excluding hydrogens is 397 g/mol. The molecule has 0 fully saturated rings. The van der Waals surface area contributed by atoms with E-state index in [1.165, 1.54) is 11.1 Å². The molecule has 2 heterocycles. The van der Waals surface area contributed by atoms with Crippen LogP contribution < -0.4 is 9.47 Å². The number of aromatic amines is 1. The third-order valence-electron chi connectivity index (χ3n) is 5.11. The van der Waals surface area contributed by atoms with E-state index < -0.39 is 0 Å². The number of methoxy groups -OCH3 is 2. The average Bonchev–Trinajstić information content (AvgIpc) is 3.14. The van der Waals surface area contributed by atoms with E-state index in [0.717, 1.165) is 54.4 Å². The maximum Gasteiger partial charge on any atom is 0.161 e. The van der Waals surface area contributed by atoms with E-state index in [1.54, 1.807) is 20.3 Å². The van der Waals surface area contributed by atoms with E-state index in [4.69, 9.17) is 32.7 Å². The molecule has 0 spiro atoms. The lowest BCUT2D eigenvalue weighted by molar-refractivity contribution is 0.244. The lowest BCUT2D eigenvalue weighted by atomic mass is 9.98. The summed E-state index contributed by atoms with van der Waals surface area (Å²) in [4.78, 5) is 2.40. The van der Waals surface area contributed by atoms with Crippen LogP contribution in [0.25, 0.3) is 11.3 Å². The highest BCUT2D eigenvalue weighted by atomic mass is 35.5. The Morgan fingerprint density at radius 2 is 1.82 bits per heavy atom. The van der Waals surface area contributed by atoms with Gasteiger partial charge in [0.1, 0.15) is 0 Å². The second-order valence-corrected chi connectivity index (χ2v) is 7.67. The van der Waals surface area contributed by atoms with Crippen LogP contribution in [0.4, 0.5) is 0 Å². The number of nitrogens with zero attached hydrogens (tertiary/aromatic N) is 2. The van der Waals surface area contributed by atoms with Crippen molar-refractivity contribution in [2.24, 2.45) is 0 Å². The van der Waals surface area contributed by atoms with E-state index in [0.29, 0.717) is 10.0 Å². The van der Waals surface area contributed by atoms with E-state index in [-0.39, 0.29) is 0 Å². The summed E-state index contributed by atoms with van der Waals surface area (Å²) in [6.07, 6.45) is 2.83. The van der Waals surface area contributed by atoms with Crippen molar-refractivity contribution in [3.05, 3.63) is 63.3 Å². The fourth-order valence-electron chi connectivity index (χ4n) is 3.67. The van der Waals surface area contributed by atoms with Crippen molar-refractivity contribution in [3.8, 4) is 22.8 Å². The molecule has 0 atom stereocenters. The van der Waals surface area contributed by atoms with Crippen molar-refractivity contribution >= 4 is 23.2 Å². The van der Waals surface area contributed by atoms with Crippen LogP contribution in [0.5, 0.6) is 11.5 Å². The van der Waals surface area contributed by atoms with Gasteiger partial charge in [0.05, 0.1) is 31.1 Å². The van der Waals surface area contributed by atoms with Crippen LogP contribution in [0.3, 0.4) is 0 Å². The summed E-state index contributed by atoms with van der Waals surface area (Å²) in [5, 5.41) is 8.55. The van der Waals surface area contributed by atoms with Gasteiger partial charge in [0.25, 0.3) is 0 Å². The van der Waals surface area contributed by atoms with Crippen LogP contribution in [0.2, 0.25) is 10.0 Å². The zero-order valence-corrected chi connectivity index (χ0v) is 17.3. The molecule has 0 bridgehead atoms. The molecular formula is C21H21Cl2N3O2. The SMILES string of the molecule is COc1cc2c(cc1OC)CN(Cc1cn[nH]c1-c1ccc(Cl)cc1Cl)CC2. The zero-order chi connectivity index (χ0) is 19.7. The van der Waals surface area contributed by atoms with Gasteiger partial charge in [-0.1, -0.05) is 23.2 Å². The molecule has 28 heavy (non-hydrogen) atoms. The molecule has 5 nitrogen and oxygen atoms in total. The van der Waals surface area contributed by atoms with Crippen molar-refractivity contribution in [3.63, 3.8) is 0 Å². The fourth-order valence-corrected chi connectivity index (χ4v) is 4.18. The molecule has 0 aliphatic carbocycles. The lowest BCUT2D eigenvalue weighted by Crippen LogP contribution is -2.30. The Morgan fingerprint density at radius 1 is 1.07 bits per heavy atom. The predicted molar refractivity (Wildman–Crippen MR) is 111 cm³/mol. The van der Waals surface area contributed by atoms with Gasteiger partial charge < -0.3 is 9.47 Å². The lowest BCUT2D eigenvalue weighted by Gasteiger charge is -2.29. The molecule has 4 rings (SSSR count). The van der Waals surface area contributed by atoms with Crippen LogP contribution >= 0.6 is 23.2 Å². The highest BCUT2D eigenvalue weighted by molar-refractivity contribution is 6.36. The Bertz CT molecular complexity index is 1000. The third kappa shape index (κ3) is 3.70. The molecule has 146 valence electrons. The van der Waals surface area contributed by atoms with Crippen molar-refractivity contribution in [2.75, 3.05) is 20.8 Å². The minimum absolute atomic E-state index is 0.610. The van der Waals surface area contributed by atoms with Gasteiger partial charge in [-0.2, -0.15) is 5.10 Å². The van der Waals surface area contributed by atoms with E-state index in [1.807, 2.05) is 18.3 Å². The number of hydrogen-bond donors (Lipinski definition) is 1. The molecule has 1 N–H and O–H groups in total.